The summed E-state index contributed by atoms with van der Waals surface area (Å²) in [5, 5.41) is 4.76. The molecular formula is C18H22N2O3S2. The lowest BCUT2D eigenvalue weighted by molar-refractivity contribution is -0.147. The van der Waals surface area contributed by atoms with Gasteiger partial charge in [0.1, 0.15) is 4.34 Å². The summed E-state index contributed by atoms with van der Waals surface area (Å²) in [6.45, 7) is 5.85. The first-order chi connectivity index (χ1) is 11.9. The fourth-order valence-electron chi connectivity index (χ4n) is 2.00. The summed E-state index contributed by atoms with van der Waals surface area (Å²) in [6, 6.07) is 7.47. The van der Waals surface area contributed by atoms with E-state index < -0.39 is 0 Å². The smallest absolute Gasteiger partial charge is 0.307 e. The highest BCUT2D eigenvalue weighted by Crippen LogP contribution is 2.26. The van der Waals surface area contributed by atoms with E-state index in [9.17, 15) is 9.59 Å². The summed E-state index contributed by atoms with van der Waals surface area (Å²) in [6.07, 6.45) is 0.0354. The molecule has 0 saturated heterocycles. The van der Waals surface area contributed by atoms with Gasteiger partial charge >= 0.3 is 5.97 Å². The number of ether oxygens (including phenoxy) is 1. The molecule has 0 fully saturated rings. The highest BCUT2D eigenvalue weighted by molar-refractivity contribution is 8.00. The number of amides is 1. The van der Waals surface area contributed by atoms with Gasteiger partial charge in [0.15, 0.2) is 0 Å². The molecule has 0 unspecified atom stereocenters. The third-order valence-electron chi connectivity index (χ3n) is 3.16. The monoisotopic (exact) mass is 378 g/mol. The maximum absolute atomic E-state index is 12.1. The molecule has 0 aliphatic rings. The van der Waals surface area contributed by atoms with Gasteiger partial charge in [-0.3, -0.25) is 9.59 Å². The number of nitrogens with zero attached hydrogens (tertiary/aromatic N) is 1. The van der Waals surface area contributed by atoms with Crippen LogP contribution in [-0.2, 0) is 15.3 Å². The van der Waals surface area contributed by atoms with E-state index in [2.05, 4.69) is 10.3 Å². The van der Waals surface area contributed by atoms with Crippen LogP contribution in [0, 0.1) is 6.92 Å². The van der Waals surface area contributed by atoms with E-state index in [0.29, 0.717) is 5.56 Å². The third kappa shape index (κ3) is 6.88. The normalized spacial score (nSPS) is 10.7. The number of hydrogen-bond acceptors (Lipinski definition) is 6. The number of hydrogen-bond donors (Lipinski definition) is 1. The van der Waals surface area contributed by atoms with Crippen LogP contribution in [0.3, 0.4) is 0 Å². The Labute approximate surface area is 156 Å². The minimum atomic E-state index is -0.305. The lowest BCUT2D eigenvalue weighted by Gasteiger charge is -2.09. The molecule has 0 aliphatic carbocycles. The van der Waals surface area contributed by atoms with Crippen LogP contribution in [0.5, 0.6) is 0 Å². The van der Waals surface area contributed by atoms with Gasteiger partial charge in [0, 0.05) is 28.9 Å². The molecule has 1 amide bonds. The van der Waals surface area contributed by atoms with Gasteiger partial charge in [0.25, 0.3) is 5.91 Å². The number of rotatable bonds is 8. The fraction of sp³-hybridized carbons (Fsp3) is 0.389. The molecular weight excluding hydrogens is 356 g/mol. The van der Waals surface area contributed by atoms with Gasteiger partial charge in [-0.05, 0) is 38.5 Å². The number of thioether (sulfide) groups is 1. The molecule has 5 nitrogen and oxygen atoms in total. The van der Waals surface area contributed by atoms with Gasteiger partial charge in [0.2, 0.25) is 0 Å². The number of nitrogens with one attached hydrogen (secondary N) is 1. The molecule has 1 heterocycles. The van der Waals surface area contributed by atoms with Crippen LogP contribution in [-0.4, -0.2) is 29.5 Å². The third-order valence-corrected chi connectivity index (χ3v) is 5.37. The Morgan fingerprint density at radius 3 is 2.60 bits per heavy atom. The summed E-state index contributed by atoms with van der Waals surface area (Å²) < 4.78 is 6.07. The Bertz CT molecular complexity index is 711. The van der Waals surface area contributed by atoms with Crippen molar-refractivity contribution in [1.82, 2.24) is 10.3 Å². The molecule has 1 aromatic carbocycles. The average molecular weight is 379 g/mol. The van der Waals surface area contributed by atoms with Crippen LogP contribution in [0.1, 0.15) is 41.9 Å². The highest BCUT2D eigenvalue weighted by Gasteiger charge is 2.09. The van der Waals surface area contributed by atoms with E-state index in [-0.39, 0.29) is 30.9 Å². The van der Waals surface area contributed by atoms with Crippen LogP contribution in [0.2, 0.25) is 0 Å². The topological polar surface area (TPSA) is 68.3 Å². The van der Waals surface area contributed by atoms with Gasteiger partial charge in [-0.1, -0.05) is 23.9 Å². The number of carbonyl (C=O) groups is 2. The lowest BCUT2D eigenvalue weighted by atomic mass is 10.1. The van der Waals surface area contributed by atoms with E-state index in [4.69, 9.17) is 4.74 Å². The lowest BCUT2D eigenvalue weighted by Crippen LogP contribution is -2.27. The molecule has 7 heteroatoms. The molecule has 2 rings (SSSR count). The highest BCUT2D eigenvalue weighted by atomic mass is 32.2. The van der Waals surface area contributed by atoms with Crippen LogP contribution < -0.4 is 5.32 Å². The molecule has 1 aromatic heterocycles. The summed E-state index contributed by atoms with van der Waals surface area (Å²) in [7, 11) is 0. The molecule has 134 valence electrons. The van der Waals surface area contributed by atoms with Crippen molar-refractivity contribution >= 4 is 35.0 Å². The molecule has 0 atom stereocenters. The molecule has 1 N–H and O–H groups in total. The minimum absolute atomic E-state index is 0.137. The first-order valence-electron chi connectivity index (χ1n) is 8.05. The minimum Gasteiger partial charge on any atom is -0.463 e. The summed E-state index contributed by atoms with van der Waals surface area (Å²) >= 11 is 3.33. The Balaban J connectivity index is 1.76. The Hall–Kier alpha value is -1.86. The second-order valence-corrected chi connectivity index (χ2v) is 7.87. The van der Waals surface area contributed by atoms with Crippen LogP contribution >= 0.6 is 23.1 Å². The first-order valence-corrected chi connectivity index (χ1v) is 9.92. The zero-order valence-electron chi connectivity index (χ0n) is 14.6. The predicted molar refractivity (Wildman–Crippen MR) is 101 cm³/mol. The second-order valence-electron chi connectivity index (χ2n) is 5.78. The molecule has 25 heavy (non-hydrogen) atoms. The number of aromatic nitrogens is 1. The molecule has 0 spiro atoms. The molecule has 0 saturated carbocycles. The quantitative estimate of drug-likeness (QED) is 0.559. The van der Waals surface area contributed by atoms with Gasteiger partial charge in [0.05, 0.1) is 12.5 Å². The molecule has 0 radical (unpaired) electrons. The maximum atomic E-state index is 12.1. The van der Waals surface area contributed by atoms with Crippen molar-refractivity contribution in [3.8, 4) is 0 Å². The molecule has 0 bridgehead atoms. The Morgan fingerprint density at radius 2 is 2.00 bits per heavy atom. The fourth-order valence-corrected chi connectivity index (χ4v) is 3.80. The average Bonchev–Trinajstić information content (AvgIpc) is 2.98. The number of thiazole rings is 1. The zero-order valence-corrected chi connectivity index (χ0v) is 16.2. The Morgan fingerprint density at radius 1 is 1.28 bits per heavy atom. The number of aryl methyl sites for hydroxylation is 1. The van der Waals surface area contributed by atoms with Crippen LogP contribution in [0.15, 0.2) is 34.0 Å². The maximum Gasteiger partial charge on any atom is 0.307 e. The number of benzene rings is 1. The van der Waals surface area contributed by atoms with Gasteiger partial charge in [-0.25, -0.2) is 4.98 Å². The van der Waals surface area contributed by atoms with Crippen LogP contribution in [0.25, 0.3) is 0 Å². The Kier molecular flexibility index (Phi) is 7.46. The van der Waals surface area contributed by atoms with Crippen molar-refractivity contribution in [3.05, 3.63) is 46.5 Å². The van der Waals surface area contributed by atoms with Crippen molar-refractivity contribution in [2.75, 3.05) is 6.54 Å². The van der Waals surface area contributed by atoms with E-state index in [1.807, 2.05) is 24.4 Å². The van der Waals surface area contributed by atoms with Gasteiger partial charge < -0.3 is 10.1 Å². The molecule has 2 aromatic rings. The second kappa shape index (κ2) is 9.58. The number of carbonyl (C=O) groups excluding carboxylic acids is 2. The van der Waals surface area contributed by atoms with E-state index in [1.165, 1.54) is 0 Å². The van der Waals surface area contributed by atoms with Crippen molar-refractivity contribution in [2.45, 2.75) is 43.4 Å². The van der Waals surface area contributed by atoms with E-state index in [0.717, 1.165) is 21.3 Å². The summed E-state index contributed by atoms with van der Waals surface area (Å²) in [5.74, 6) is 0.322. The van der Waals surface area contributed by atoms with Crippen molar-refractivity contribution < 1.29 is 14.3 Å². The first kappa shape index (κ1) is 19.5. The van der Waals surface area contributed by atoms with E-state index >= 15 is 0 Å². The molecule has 0 aliphatic heterocycles. The summed E-state index contributed by atoms with van der Waals surface area (Å²) in [5.41, 5.74) is 2.75. The SMILES string of the molecule is Cc1csc(SCc2ccc(C(=O)NCCC(=O)OC(C)C)cc2)n1. The van der Waals surface area contributed by atoms with Crippen molar-refractivity contribution in [1.29, 1.82) is 0 Å². The van der Waals surface area contributed by atoms with Crippen molar-refractivity contribution in [3.63, 3.8) is 0 Å². The number of esters is 1. The van der Waals surface area contributed by atoms with E-state index in [1.54, 1.807) is 49.1 Å². The predicted octanol–water partition coefficient (Wildman–Crippen LogP) is 3.82. The van der Waals surface area contributed by atoms with Crippen molar-refractivity contribution in [2.24, 2.45) is 0 Å². The summed E-state index contributed by atoms with van der Waals surface area (Å²) in [4.78, 5) is 27.9. The van der Waals surface area contributed by atoms with Gasteiger partial charge in [-0.15, -0.1) is 11.3 Å². The van der Waals surface area contributed by atoms with Gasteiger partial charge in [-0.2, -0.15) is 0 Å². The standard InChI is InChI=1S/C18H22N2O3S2/c1-12(2)23-16(21)8-9-19-17(22)15-6-4-14(5-7-15)11-25-18-20-13(3)10-24-18/h4-7,10,12H,8-9,11H2,1-3H3,(H,19,22). The van der Waals surface area contributed by atoms with Crippen LogP contribution in [0.4, 0.5) is 0 Å². The largest absolute Gasteiger partial charge is 0.463 e. The zero-order chi connectivity index (χ0) is 18.2.